The van der Waals surface area contributed by atoms with Crippen molar-refractivity contribution in [3.05, 3.63) is 35.5 Å². The van der Waals surface area contributed by atoms with Gasteiger partial charge in [-0.3, -0.25) is 0 Å². The standard InChI is InChI=1S/C17H23N7O/c25-17(20-12-16-22-21-14-4-3-9-24(14)16)19-11-13-5-6-18-15(10-13)23-7-1-2-8-23/h5-6,10H,1-4,7-9,11-12H2,(H2,19,20,25). The summed E-state index contributed by atoms with van der Waals surface area (Å²) in [5.41, 5.74) is 1.05. The first-order chi connectivity index (χ1) is 12.3. The molecule has 132 valence electrons. The molecule has 2 aliphatic rings. The lowest BCUT2D eigenvalue weighted by Gasteiger charge is -2.17. The second-order valence-corrected chi connectivity index (χ2v) is 6.54. The van der Waals surface area contributed by atoms with Gasteiger partial charge in [0.05, 0.1) is 6.54 Å². The number of nitrogens with one attached hydrogen (secondary N) is 2. The summed E-state index contributed by atoms with van der Waals surface area (Å²) < 4.78 is 2.09. The fourth-order valence-electron chi connectivity index (χ4n) is 3.44. The van der Waals surface area contributed by atoms with Crippen LogP contribution >= 0.6 is 0 Å². The molecule has 1 saturated heterocycles. The molecule has 0 radical (unpaired) electrons. The minimum absolute atomic E-state index is 0.199. The Morgan fingerprint density at radius 1 is 1.08 bits per heavy atom. The number of anilines is 1. The van der Waals surface area contributed by atoms with Crippen LogP contribution in [0.2, 0.25) is 0 Å². The second kappa shape index (κ2) is 7.08. The Balaban J connectivity index is 1.27. The molecule has 4 rings (SSSR count). The molecule has 2 aliphatic heterocycles. The maximum atomic E-state index is 12.0. The van der Waals surface area contributed by atoms with Crippen LogP contribution in [-0.4, -0.2) is 38.9 Å². The maximum Gasteiger partial charge on any atom is 0.315 e. The number of carbonyl (C=O) groups is 1. The van der Waals surface area contributed by atoms with E-state index in [0.29, 0.717) is 13.1 Å². The Morgan fingerprint density at radius 3 is 2.80 bits per heavy atom. The molecular formula is C17H23N7O. The summed E-state index contributed by atoms with van der Waals surface area (Å²) in [6.07, 6.45) is 6.33. The molecular weight excluding hydrogens is 318 g/mol. The molecule has 4 heterocycles. The zero-order chi connectivity index (χ0) is 17.1. The minimum atomic E-state index is -0.199. The third-order valence-electron chi connectivity index (χ3n) is 4.79. The van der Waals surface area contributed by atoms with E-state index in [-0.39, 0.29) is 6.03 Å². The first kappa shape index (κ1) is 15.9. The van der Waals surface area contributed by atoms with Crippen molar-refractivity contribution in [1.82, 2.24) is 30.4 Å². The van der Waals surface area contributed by atoms with Crippen LogP contribution in [0, 0.1) is 0 Å². The molecule has 2 aromatic heterocycles. The topological polar surface area (TPSA) is 88.0 Å². The molecule has 0 unspecified atom stereocenters. The summed E-state index contributed by atoms with van der Waals surface area (Å²) in [7, 11) is 0. The van der Waals surface area contributed by atoms with Crippen LogP contribution in [0.4, 0.5) is 10.6 Å². The number of fused-ring (bicyclic) bond motifs is 1. The lowest BCUT2D eigenvalue weighted by atomic mass is 10.2. The number of pyridine rings is 1. The van der Waals surface area contributed by atoms with Crippen LogP contribution in [0.3, 0.4) is 0 Å². The van der Waals surface area contributed by atoms with Crippen molar-refractivity contribution in [1.29, 1.82) is 0 Å². The zero-order valence-electron chi connectivity index (χ0n) is 14.2. The highest BCUT2D eigenvalue weighted by atomic mass is 16.2. The van der Waals surface area contributed by atoms with Gasteiger partial charge >= 0.3 is 6.03 Å². The second-order valence-electron chi connectivity index (χ2n) is 6.54. The van der Waals surface area contributed by atoms with Gasteiger partial charge in [0.2, 0.25) is 0 Å². The normalized spacial score (nSPS) is 16.1. The van der Waals surface area contributed by atoms with Crippen LogP contribution < -0.4 is 15.5 Å². The van der Waals surface area contributed by atoms with E-state index < -0.39 is 0 Å². The Morgan fingerprint density at radius 2 is 1.92 bits per heavy atom. The first-order valence-corrected chi connectivity index (χ1v) is 8.92. The van der Waals surface area contributed by atoms with Crippen LogP contribution in [0.25, 0.3) is 0 Å². The largest absolute Gasteiger partial charge is 0.357 e. The van der Waals surface area contributed by atoms with E-state index in [1.807, 2.05) is 12.3 Å². The number of amides is 2. The number of aryl methyl sites for hydroxylation is 1. The first-order valence-electron chi connectivity index (χ1n) is 8.92. The van der Waals surface area contributed by atoms with Crippen LogP contribution in [0.15, 0.2) is 18.3 Å². The fourth-order valence-corrected chi connectivity index (χ4v) is 3.44. The number of nitrogens with zero attached hydrogens (tertiary/aromatic N) is 5. The Hall–Kier alpha value is -2.64. The molecule has 8 heteroatoms. The van der Waals surface area contributed by atoms with Crippen molar-refractivity contribution in [3.8, 4) is 0 Å². The Labute approximate surface area is 146 Å². The molecule has 0 atom stereocenters. The number of rotatable bonds is 5. The number of carbonyl (C=O) groups excluding carboxylic acids is 1. The van der Waals surface area contributed by atoms with Gasteiger partial charge in [-0.2, -0.15) is 0 Å². The van der Waals surface area contributed by atoms with Gasteiger partial charge in [-0.05, 0) is 37.0 Å². The molecule has 0 bridgehead atoms. The average Bonchev–Trinajstić information content (AvgIpc) is 3.36. The third kappa shape index (κ3) is 3.57. The monoisotopic (exact) mass is 341 g/mol. The van der Waals surface area contributed by atoms with E-state index in [9.17, 15) is 4.79 Å². The van der Waals surface area contributed by atoms with Crippen molar-refractivity contribution in [2.45, 2.75) is 45.3 Å². The van der Waals surface area contributed by atoms with E-state index in [1.54, 1.807) is 0 Å². The molecule has 1 fully saturated rings. The molecule has 0 spiro atoms. The predicted molar refractivity (Wildman–Crippen MR) is 93.1 cm³/mol. The highest BCUT2D eigenvalue weighted by molar-refractivity contribution is 5.73. The fraction of sp³-hybridized carbons (Fsp3) is 0.529. The maximum absolute atomic E-state index is 12.0. The summed E-state index contributed by atoms with van der Waals surface area (Å²) in [5, 5.41) is 14.0. The minimum Gasteiger partial charge on any atom is -0.357 e. The molecule has 2 aromatic rings. The quantitative estimate of drug-likeness (QED) is 0.854. The van der Waals surface area contributed by atoms with Gasteiger partial charge in [0.1, 0.15) is 11.6 Å². The van der Waals surface area contributed by atoms with E-state index >= 15 is 0 Å². The summed E-state index contributed by atoms with van der Waals surface area (Å²) >= 11 is 0. The molecule has 0 aromatic carbocycles. The molecule has 2 amide bonds. The van der Waals surface area contributed by atoms with E-state index in [4.69, 9.17) is 0 Å². The summed E-state index contributed by atoms with van der Waals surface area (Å²) in [5.74, 6) is 2.84. The average molecular weight is 341 g/mol. The van der Waals surface area contributed by atoms with Gasteiger partial charge in [0.25, 0.3) is 0 Å². The lowest BCUT2D eigenvalue weighted by Crippen LogP contribution is -2.35. The Bertz CT molecular complexity index is 751. The lowest BCUT2D eigenvalue weighted by molar-refractivity contribution is 0.239. The summed E-state index contributed by atoms with van der Waals surface area (Å²) in [4.78, 5) is 18.8. The molecule has 2 N–H and O–H groups in total. The van der Waals surface area contributed by atoms with Gasteiger partial charge in [0.15, 0.2) is 5.82 Å². The van der Waals surface area contributed by atoms with E-state index in [2.05, 4.69) is 41.3 Å². The van der Waals surface area contributed by atoms with Crippen molar-refractivity contribution in [2.75, 3.05) is 18.0 Å². The number of hydrogen-bond acceptors (Lipinski definition) is 5. The van der Waals surface area contributed by atoms with Gasteiger partial charge in [-0.1, -0.05) is 0 Å². The molecule has 8 nitrogen and oxygen atoms in total. The number of aromatic nitrogens is 4. The van der Waals surface area contributed by atoms with E-state index in [1.165, 1.54) is 12.8 Å². The third-order valence-corrected chi connectivity index (χ3v) is 4.79. The molecule has 25 heavy (non-hydrogen) atoms. The van der Waals surface area contributed by atoms with Gasteiger partial charge < -0.3 is 20.1 Å². The van der Waals surface area contributed by atoms with Gasteiger partial charge in [-0.15, -0.1) is 10.2 Å². The van der Waals surface area contributed by atoms with Crippen molar-refractivity contribution in [2.24, 2.45) is 0 Å². The highest BCUT2D eigenvalue weighted by Gasteiger charge is 2.17. The highest BCUT2D eigenvalue weighted by Crippen LogP contribution is 2.18. The zero-order valence-corrected chi connectivity index (χ0v) is 14.2. The van der Waals surface area contributed by atoms with Crippen LogP contribution in [-0.2, 0) is 26.1 Å². The molecule has 0 saturated carbocycles. The predicted octanol–water partition coefficient (Wildman–Crippen LogP) is 1.22. The van der Waals surface area contributed by atoms with Crippen molar-refractivity contribution in [3.63, 3.8) is 0 Å². The number of urea groups is 1. The summed E-state index contributed by atoms with van der Waals surface area (Å²) in [6, 6.07) is 3.79. The van der Waals surface area contributed by atoms with Crippen LogP contribution in [0.5, 0.6) is 0 Å². The van der Waals surface area contributed by atoms with Gasteiger partial charge in [0, 0.05) is 38.8 Å². The number of hydrogen-bond donors (Lipinski definition) is 2. The SMILES string of the molecule is O=C(NCc1ccnc(N2CCCC2)c1)NCc1nnc2n1CCC2. The van der Waals surface area contributed by atoms with Gasteiger partial charge in [-0.25, -0.2) is 9.78 Å². The molecule has 0 aliphatic carbocycles. The van der Waals surface area contributed by atoms with Crippen LogP contribution in [0.1, 0.15) is 36.5 Å². The Kier molecular flexibility index (Phi) is 4.49. The smallest absolute Gasteiger partial charge is 0.315 e. The van der Waals surface area contributed by atoms with Crippen molar-refractivity contribution >= 4 is 11.8 Å². The summed E-state index contributed by atoms with van der Waals surface area (Å²) in [6.45, 7) is 3.94. The van der Waals surface area contributed by atoms with Crippen molar-refractivity contribution < 1.29 is 4.79 Å². The van der Waals surface area contributed by atoms with E-state index in [0.717, 1.165) is 55.5 Å².